The Morgan fingerprint density at radius 1 is 1.17 bits per heavy atom. The molecule has 0 aromatic carbocycles. The van der Waals surface area contributed by atoms with Crippen molar-refractivity contribution < 1.29 is 0 Å². The zero-order valence-corrected chi connectivity index (χ0v) is 14.0. The second-order valence-electron chi connectivity index (χ2n) is 6.72. The van der Waals surface area contributed by atoms with Crippen molar-refractivity contribution in [3.05, 3.63) is 29.7 Å². The first-order valence-corrected chi connectivity index (χ1v) is 9.07. The van der Waals surface area contributed by atoms with Gasteiger partial charge in [0.05, 0.1) is 12.2 Å². The molecular weight excluding hydrogens is 302 g/mol. The molecule has 0 bridgehead atoms. The molecule has 2 aromatic heterocycles. The quantitative estimate of drug-likeness (QED) is 0.892. The maximum absolute atomic E-state index is 4.47. The van der Waals surface area contributed by atoms with Crippen LogP contribution in [-0.4, -0.2) is 37.8 Å². The molecule has 0 radical (unpaired) electrons. The van der Waals surface area contributed by atoms with Gasteiger partial charge in [0, 0.05) is 31.5 Å². The highest BCUT2D eigenvalue weighted by Crippen LogP contribution is 2.22. The van der Waals surface area contributed by atoms with Gasteiger partial charge in [-0.3, -0.25) is 0 Å². The number of nitrogens with one attached hydrogen (secondary N) is 2. The predicted octanol–water partition coefficient (Wildman–Crippen LogP) is 1.87. The van der Waals surface area contributed by atoms with Crippen LogP contribution in [-0.2, 0) is 19.5 Å². The van der Waals surface area contributed by atoms with Gasteiger partial charge in [-0.1, -0.05) is 6.42 Å². The zero-order chi connectivity index (χ0) is 16.2. The molecule has 7 heteroatoms. The number of nitrogens with zero attached hydrogens (tertiary/aromatic N) is 5. The third kappa shape index (κ3) is 3.40. The van der Waals surface area contributed by atoms with Crippen LogP contribution < -0.4 is 10.6 Å². The normalized spacial score (nSPS) is 21.1. The van der Waals surface area contributed by atoms with E-state index in [2.05, 4.69) is 41.4 Å². The maximum atomic E-state index is 4.47. The summed E-state index contributed by atoms with van der Waals surface area (Å²) in [6.45, 7) is 3.81. The van der Waals surface area contributed by atoms with E-state index in [4.69, 9.17) is 0 Å². The molecule has 1 fully saturated rings. The van der Waals surface area contributed by atoms with Gasteiger partial charge in [0.25, 0.3) is 0 Å². The van der Waals surface area contributed by atoms with Crippen LogP contribution in [0, 0.1) is 0 Å². The fraction of sp³-hybridized carbons (Fsp3) is 0.647. The van der Waals surface area contributed by atoms with Crippen molar-refractivity contribution in [2.45, 2.75) is 57.5 Å². The van der Waals surface area contributed by atoms with Gasteiger partial charge >= 0.3 is 0 Å². The number of fused-ring (bicyclic) bond motifs is 1. The minimum atomic E-state index is 0.492. The molecule has 0 aliphatic carbocycles. The van der Waals surface area contributed by atoms with E-state index in [0.29, 0.717) is 12.5 Å². The largest absolute Gasteiger partial charge is 0.363 e. The molecule has 1 saturated heterocycles. The van der Waals surface area contributed by atoms with Crippen LogP contribution in [0.4, 0.5) is 5.82 Å². The summed E-state index contributed by atoms with van der Waals surface area (Å²) in [5.41, 5.74) is 1.12. The maximum Gasteiger partial charge on any atom is 0.152 e. The van der Waals surface area contributed by atoms with E-state index in [0.717, 1.165) is 49.2 Å². The van der Waals surface area contributed by atoms with Crippen LogP contribution in [0.5, 0.6) is 0 Å². The van der Waals surface area contributed by atoms with Crippen molar-refractivity contribution in [3.63, 3.8) is 0 Å². The number of anilines is 1. The summed E-state index contributed by atoms with van der Waals surface area (Å²) in [7, 11) is 0. The summed E-state index contributed by atoms with van der Waals surface area (Å²) in [6, 6.07) is 2.08. The van der Waals surface area contributed by atoms with Crippen LogP contribution in [0.15, 0.2) is 12.4 Å². The van der Waals surface area contributed by atoms with Crippen molar-refractivity contribution in [3.8, 4) is 0 Å². The van der Waals surface area contributed by atoms with Crippen LogP contribution >= 0.6 is 0 Å². The molecule has 2 N–H and O–H groups in total. The molecule has 1 atom stereocenters. The molecule has 24 heavy (non-hydrogen) atoms. The molecule has 4 heterocycles. The minimum absolute atomic E-state index is 0.492. The smallest absolute Gasteiger partial charge is 0.152 e. The van der Waals surface area contributed by atoms with E-state index in [1.165, 1.54) is 32.1 Å². The van der Waals surface area contributed by atoms with Gasteiger partial charge in [0.2, 0.25) is 0 Å². The van der Waals surface area contributed by atoms with Crippen LogP contribution in [0.2, 0.25) is 0 Å². The summed E-state index contributed by atoms with van der Waals surface area (Å²) in [5, 5.41) is 15.6. The monoisotopic (exact) mass is 327 g/mol. The minimum Gasteiger partial charge on any atom is -0.363 e. The molecule has 0 amide bonds. The lowest BCUT2D eigenvalue weighted by Gasteiger charge is -2.22. The lowest BCUT2D eigenvalue weighted by Crippen LogP contribution is -2.28. The third-order valence-corrected chi connectivity index (χ3v) is 5.02. The average Bonchev–Trinajstić information content (AvgIpc) is 2.87. The lowest BCUT2D eigenvalue weighted by molar-refractivity contribution is 0.454. The molecule has 0 spiro atoms. The van der Waals surface area contributed by atoms with E-state index in [1.54, 1.807) is 6.33 Å². The molecular formula is C17H25N7. The van der Waals surface area contributed by atoms with Crippen LogP contribution in [0.1, 0.15) is 55.4 Å². The number of hydrogen-bond acceptors (Lipinski definition) is 6. The summed E-state index contributed by atoms with van der Waals surface area (Å²) < 4.78 is 2.27. The van der Waals surface area contributed by atoms with Gasteiger partial charge in [-0.2, -0.15) is 0 Å². The van der Waals surface area contributed by atoms with Crippen molar-refractivity contribution >= 4 is 5.82 Å². The molecule has 2 aromatic rings. The molecule has 4 rings (SSSR count). The van der Waals surface area contributed by atoms with Gasteiger partial charge in [-0.25, -0.2) is 9.97 Å². The number of piperidine rings is 1. The number of rotatable bonds is 4. The van der Waals surface area contributed by atoms with Crippen molar-refractivity contribution in [1.29, 1.82) is 0 Å². The molecule has 0 saturated carbocycles. The van der Waals surface area contributed by atoms with Crippen molar-refractivity contribution in [2.75, 3.05) is 18.4 Å². The highest BCUT2D eigenvalue weighted by Gasteiger charge is 2.18. The number of aryl methyl sites for hydroxylation is 1. The Balaban J connectivity index is 1.43. The fourth-order valence-electron chi connectivity index (χ4n) is 3.64. The van der Waals surface area contributed by atoms with Gasteiger partial charge < -0.3 is 15.2 Å². The Bertz CT molecular complexity index is 675. The summed E-state index contributed by atoms with van der Waals surface area (Å²) in [4.78, 5) is 8.83. The van der Waals surface area contributed by atoms with E-state index in [-0.39, 0.29) is 0 Å². The number of hydrogen-bond donors (Lipinski definition) is 2. The van der Waals surface area contributed by atoms with Crippen LogP contribution in [0.3, 0.4) is 0 Å². The second kappa shape index (κ2) is 7.25. The topological polar surface area (TPSA) is 80.5 Å². The lowest BCUT2D eigenvalue weighted by atomic mass is 9.96. The Labute approximate surface area is 142 Å². The van der Waals surface area contributed by atoms with Crippen molar-refractivity contribution in [2.24, 2.45) is 0 Å². The first kappa shape index (κ1) is 15.5. The SMILES string of the molecule is c1nc(NCc2nnc3n2CCCCC3)cc(C2CCCNC2)n1. The highest BCUT2D eigenvalue weighted by atomic mass is 15.3. The molecule has 7 nitrogen and oxygen atoms in total. The third-order valence-electron chi connectivity index (χ3n) is 5.02. The van der Waals surface area contributed by atoms with E-state index >= 15 is 0 Å². The van der Waals surface area contributed by atoms with Gasteiger partial charge in [-0.15, -0.1) is 10.2 Å². The van der Waals surface area contributed by atoms with Crippen molar-refractivity contribution in [1.82, 2.24) is 30.0 Å². The van der Waals surface area contributed by atoms with Gasteiger partial charge in [0.15, 0.2) is 5.82 Å². The fourth-order valence-corrected chi connectivity index (χ4v) is 3.64. The van der Waals surface area contributed by atoms with Gasteiger partial charge in [-0.05, 0) is 32.2 Å². The molecule has 128 valence electrons. The first-order chi connectivity index (χ1) is 11.9. The Morgan fingerprint density at radius 3 is 3.08 bits per heavy atom. The van der Waals surface area contributed by atoms with E-state index in [1.807, 2.05) is 0 Å². The second-order valence-corrected chi connectivity index (χ2v) is 6.72. The summed E-state index contributed by atoms with van der Waals surface area (Å²) in [5.74, 6) is 3.50. The van der Waals surface area contributed by atoms with Crippen LogP contribution in [0.25, 0.3) is 0 Å². The van der Waals surface area contributed by atoms with E-state index in [9.17, 15) is 0 Å². The Hall–Kier alpha value is -2.02. The van der Waals surface area contributed by atoms with E-state index < -0.39 is 0 Å². The standard InChI is InChI=1S/C17H25N7/c1-2-6-16-22-23-17(24(16)8-3-1)11-19-15-9-14(20-12-21-15)13-5-4-7-18-10-13/h9,12-13,18H,1-8,10-11H2,(H,19,20,21). The predicted molar refractivity (Wildman–Crippen MR) is 91.8 cm³/mol. The Morgan fingerprint density at radius 2 is 2.17 bits per heavy atom. The Kier molecular flexibility index (Phi) is 4.69. The molecule has 1 unspecified atom stereocenters. The summed E-state index contributed by atoms with van der Waals surface area (Å²) in [6.07, 6.45) is 8.82. The molecule has 2 aliphatic heterocycles. The zero-order valence-electron chi connectivity index (χ0n) is 14.0. The van der Waals surface area contributed by atoms with Gasteiger partial charge in [0.1, 0.15) is 18.0 Å². The first-order valence-electron chi connectivity index (χ1n) is 9.07. The molecule has 2 aliphatic rings. The summed E-state index contributed by atoms with van der Waals surface area (Å²) >= 11 is 0. The highest BCUT2D eigenvalue weighted by molar-refractivity contribution is 5.36. The number of aromatic nitrogens is 5. The average molecular weight is 327 g/mol.